The van der Waals surface area contributed by atoms with E-state index in [1.807, 2.05) is 0 Å². The summed E-state index contributed by atoms with van der Waals surface area (Å²) in [5.74, 6) is 0. The number of amides is 1. The minimum atomic E-state index is -4.53. The number of nitrogens with zero attached hydrogens (tertiary/aromatic N) is 2. The second kappa shape index (κ2) is 5.44. The van der Waals surface area contributed by atoms with E-state index in [2.05, 4.69) is 4.74 Å². The van der Waals surface area contributed by atoms with Crippen LogP contribution in [0.15, 0.2) is 0 Å². The van der Waals surface area contributed by atoms with Crippen LogP contribution in [0.2, 0.25) is 0 Å². The third-order valence-corrected chi connectivity index (χ3v) is 1.70. The first-order chi connectivity index (χ1) is 6.78. The van der Waals surface area contributed by atoms with E-state index in [1.165, 1.54) is 14.0 Å². The van der Waals surface area contributed by atoms with Crippen LogP contribution in [0.3, 0.4) is 0 Å². The van der Waals surface area contributed by atoms with Crippen molar-refractivity contribution >= 4 is 6.09 Å². The van der Waals surface area contributed by atoms with Gasteiger partial charge in [-0.25, -0.2) is 4.79 Å². The van der Waals surface area contributed by atoms with Crippen LogP contribution in [0, 0.1) is 11.3 Å². The molecular weight excluding hydrogens is 213 g/mol. The summed E-state index contributed by atoms with van der Waals surface area (Å²) < 4.78 is 39.0. The number of hydrogen-bond acceptors (Lipinski definition) is 3. The summed E-state index contributed by atoms with van der Waals surface area (Å²) >= 11 is 0. The van der Waals surface area contributed by atoms with Gasteiger partial charge in [0.25, 0.3) is 0 Å². The van der Waals surface area contributed by atoms with Crippen LogP contribution in [0.5, 0.6) is 0 Å². The van der Waals surface area contributed by atoms with Crippen LogP contribution < -0.4 is 0 Å². The summed E-state index contributed by atoms with van der Waals surface area (Å²) in [6.07, 6.45) is -5.58. The van der Waals surface area contributed by atoms with Gasteiger partial charge in [-0.2, -0.15) is 18.4 Å². The molecule has 1 amide bonds. The average Bonchev–Trinajstić information content (AvgIpc) is 2.12. The summed E-state index contributed by atoms with van der Waals surface area (Å²) in [6.45, 7) is -0.0759. The minimum absolute atomic E-state index is 0.0393. The van der Waals surface area contributed by atoms with Gasteiger partial charge in [-0.1, -0.05) is 0 Å². The Balaban J connectivity index is 4.06. The number of carbonyl (C=O) groups is 1. The van der Waals surface area contributed by atoms with Crippen molar-refractivity contribution in [2.75, 3.05) is 13.7 Å². The highest BCUT2D eigenvalue weighted by atomic mass is 19.4. The second-order valence-electron chi connectivity index (χ2n) is 2.99. The molecule has 0 radical (unpaired) electrons. The third kappa shape index (κ3) is 5.78. The standard InChI is InChI=1S/C8H11F3N2O2/c1-6(3-4-12)13(2)7(14)15-5-8(9,10)11/h6H,3,5H2,1-2H3. The van der Waals surface area contributed by atoms with Gasteiger partial charge >= 0.3 is 12.3 Å². The monoisotopic (exact) mass is 224 g/mol. The van der Waals surface area contributed by atoms with Gasteiger partial charge in [-0.15, -0.1) is 0 Å². The molecule has 86 valence electrons. The Morgan fingerprint density at radius 3 is 2.53 bits per heavy atom. The fraction of sp³-hybridized carbons (Fsp3) is 0.750. The first-order valence-corrected chi connectivity index (χ1v) is 4.11. The van der Waals surface area contributed by atoms with E-state index >= 15 is 0 Å². The molecule has 0 bridgehead atoms. The lowest BCUT2D eigenvalue weighted by molar-refractivity contribution is -0.162. The average molecular weight is 224 g/mol. The Morgan fingerprint density at radius 2 is 2.13 bits per heavy atom. The number of ether oxygens (including phenoxy) is 1. The van der Waals surface area contributed by atoms with Gasteiger partial charge in [0, 0.05) is 13.1 Å². The molecule has 0 aromatic carbocycles. The maximum atomic E-state index is 11.7. The summed E-state index contributed by atoms with van der Waals surface area (Å²) in [5, 5.41) is 8.32. The Hall–Kier alpha value is -1.45. The maximum absolute atomic E-state index is 11.7. The molecule has 0 aromatic heterocycles. The fourth-order valence-corrected chi connectivity index (χ4v) is 0.694. The van der Waals surface area contributed by atoms with E-state index in [-0.39, 0.29) is 6.42 Å². The summed E-state index contributed by atoms with van der Waals surface area (Å²) in [5.41, 5.74) is 0. The van der Waals surface area contributed by atoms with Crippen LogP contribution in [0.1, 0.15) is 13.3 Å². The maximum Gasteiger partial charge on any atom is 0.422 e. The highest BCUT2D eigenvalue weighted by Crippen LogP contribution is 2.15. The normalized spacial score (nSPS) is 12.8. The SMILES string of the molecule is CC(CC#N)N(C)C(=O)OCC(F)(F)F. The van der Waals surface area contributed by atoms with E-state index in [9.17, 15) is 18.0 Å². The van der Waals surface area contributed by atoms with Crippen LogP contribution in [0.4, 0.5) is 18.0 Å². The molecule has 0 spiro atoms. The van der Waals surface area contributed by atoms with Crippen molar-refractivity contribution in [3.8, 4) is 6.07 Å². The lowest BCUT2D eigenvalue weighted by Gasteiger charge is -2.22. The predicted octanol–water partition coefficient (Wildman–Crippen LogP) is 1.92. The summed E-state index contributed by atoms with van der Waals surface area (Å²) in [4.78, 5) is 12.0. The Bertz CT molecular complexity index is 260. The molecule has 0 rings (SSSR count). The number of alkyl halides is 3. The van der Waals surface area contributed by atoms with Crippen molar-refractivity contribution < 1.29 is 22.7 Å². The number of hydrogen-bond donors (Lipinski definition) is 0. The number of rotatable bonds is 3. The van der Waals surface area contributed by atoms with Gasteiger partial charge in [0.05, 0.1) is 12.5 Å². The molecule has 15 heavy (non-hydrogen) atoms. The van der Waals surface area contributed by atoms with Crippen molar-refractivity contribution in [1.29, 1.82) is 5.26 Å². The zero-order valence-corrected chi connectivity index (χ0v) is 8.34. The summed E-state index contributed by atoms with van der Waals surface area (Å²) in [7, 11) is 1.28. The molecule has 0 saturated heterocycles. The molecular formula is C8H11F3N2O2. The van der Waals surface area contributed by atoms with Crippen LogP contribution in [0.25, 0.3) is 0 Å². The van der Waals surface area contributed by atoms with Gasteiger partial charge in [-0.3, -0.25) is 0 Å². The van der Waals surface area contributed by atoms with Crippen molar-refractivity contribution in [2.45, 2.75) is 25.6 Å². The Labute approximate surface area is 85.2 Å². The molecule has 0 N–H and O–H groups in total. The van der Waals surface area contributed by atoms with E-state index in [4.69, 9.17) is 5.26 Å². The van der Waals surface area contributed by atoms with Crippen LogP contribution in [-0.4, -0.2) is 36.9 Å². The smallest absolute Gasteiger partial charge is 0.422 e. The zero-order chi connectivity index (χ0) is 12.1. The molecule has 0 aliphatic heterocycles. The highest BCUT2D eigenvalue weighted by molar-refractivity contribution is 5.67. The van der Waals surface area contributed by atoms with Gasteiger partial charge in [0.2, 0.25) is 0 Å². The van der Waals surface area contributed by atoms with Crippen molar-refractivity contribution in [3.63, 3.8) is 0 Å². The molecule has 4 nitrogen and oxygen atoms in total. The number of nitriles is 1. The lowest BCUT2D eigenvalue weighted by atomic mass is 10.2. The molecule has 0 heterocycles. The molecule has 1 unspecified atom stereocenters. The van der Waals surface area contributed by atoms with E-state index < -0.39 is 24.9 Å². The minimum Gasteiger partial charge on any atom is -0.440 e. The molecule has 0 aliphatic rings. The second-order valence-corrected chi connectivity index (χ2v) is 2.99. The van der Waals surface area contributed by atoms with Crippen LogP contribution in [-0.2, 0) is 4.74 Å². The van der Waals surface area contributed by atoms with Gasteiger partial charge in [0.15, 0.2) is 6.61 Å². The van der Waals surface area contributed by atoms with Gasteiger partial charge in [0.1, 0.15) is 0 Å². The van der Waals surface area contributed by atoms with E-state index in [0.717, 1.165) is 4.90 Å². The van der Waals surface area contributed by atoms with E-state index in [0.29, 0.717) is 0 Å². The quantitative estimate of drug-likeness (QED) is 0.735. The summed E-state index contributed by atoms with van der Waals surface area (Å²) in [6, 6.07) is 1.33. The molecule has 1 atom stereocenters. The topological polar surface area (TPSA) is 53.3 Å². The molecule has 0 aromatic rings. The Morgan fingerprint density at radius 1 is 1.60 bits per heavy atom. The van der Waals surface area contributed by atoms with Gasteiger partial charge < -0.3 is 9.64 Å². The van der Waals surface area contributed by atoms with Gasteiger partial charge in [-0.05, 0) is 6.92 Å². The van der Waals surface area contributed by atoms with Crippen molar-refractivity contribution in [3.05, 3.63) is 0 Å². The molecule has 7 heteroatoms. The number of carbonyl (C=O) groups excluding carboxylic acids is 1. The molecule has 0 fully saturated rings. The lowest BCUT2D eigenvalue weighted by Crippen LogP contribution is -2.37. The highest BCUT2D eigenvalue weighted by Gasteiger charge is 2.30. The van der Waals surface area contributed by atoms with Crippen molar-refractivity contribution in [1.82, 2.24) is 4.90 Å². The third-order valence-electron chi connectivity index (χ3n) is 1.70. The fourth-order valence-electron chi connectivity index (χ4n) is 0.694. The molecule has 0 saturated carbocycles. The molecule has 0 aliphatic carbocycles. The van der Waals surface area contributed by atoms with Crippen molar-refractivity contribution in [2.24, 2.45) is 0 Å². The zero-order valence-electron chi connectivity index (χ0n) is 8.34. The Kier molecular flexibility index (Phi) is 4.91. The van der Waals surface area contributed by atoms with Crippen LogP contribution >= 0.6 is 0 Å². The number of halogens is 3. The van der Waals surface area contributed by atoms with E-state index in [1.54, 1.807) is 6.07 Å². The predicted molar refractivity (Wildman–Crippen MR) is 44.9 cm³/mol. The largest absolute Gasteiger partial charge is 0.440 e. The first kappa shape index (κ1) is 13.5. The first-order valence-electron chi connectivity index (χ1n) is 4.11.